The Morgan fingerprint density at radius 2 is 2.13 bits per heavy atom. The lowest BCUT2D eigenvalue weighted by Crippen LogP contribution is -2.39. The third-order valence-electron chi connectivity index (χ3n) is 5.49. The third kappa shape index (κ3) is 5.07. The summed E-state index contributed by atoms with van der Waals surface area (Å²) < 4.78 is 0. The molecule has 4 rings (SSSR count). The van der Waals surface area contributed by atoms with Crippen LogP contribution in [0.2, 0.25) is 0 Å². The van der Waals surface area contributed by atoms with Crippen molar-refractivity contribution in [3.63, 3.8) is 0 Å². The second kappa shape index (κ2) is 9.67. The summed E-state index contributed by atoms with van der Waals surface area (Å²) in [6.45, 7) is 4.85. The first-order valence-electron chi connectivity index (χ1n) is 10.7. The lowest BCUT2D eigenvalue weighted by Gasteiger charge is -2.30. The number of nitrogens with two attached hydrogens (primary N) is 2. The molecular weight excluding hydrogens is 390 g/mol. The average Bonchev–Trinajstić information content (AvgIpc) is 3.45. The lowest BCUT2D eigenvalue weighted by molar-refractivity contribution is 0.205. The Morgan fingerprint density at radius 1 is 1.29 bits per heavy atom. The van der Waals surface area contributed by atoms with Gasteiger partial charge in [-0.25, -0.2) is 15.0 Å². The first kappa shape index (κ1) is 21.0. The van der Waals surface area contributed by atoms with Gasteiger partial charge in [-0.05, 0) is 49.7 Å². The Kier molecular flexibility index (Phi) is 6.54. The van der Waals surface area contributed by atoms with E-state index in [2.05, 4.69) is 36.1 Å². The zero-order chi connectivity index (χ0) is 21.6. The molecule has 0 saturated carbocycles. The summed E-state index contributed by atoms with van der Waals surface area (Å²) in [6, 6.07) is 10.2. The molecule has 162 valence electrons. The van der Waals surface area contributed by atoms with Crippen molar-refractivity contribution >= 4 is 17.9 Å². The van der Waals surface area contributed by atoms with Crippen LogP contribution in [0.15, 0.2) is 46.5 Å². The van der Waals surface area contributed by atoms with E-state index in [1.54, 1.807) is 0 Å². The molecule has 3 heterocycles. The molecule has 0 unspecified atom stereocenters. The standard InChI is InChI=1S/C22H29N9/c1-2-19-28-21(30-29-19)15-4-3-5-18(12-15)27-22(26-14-23)20-16(6-9-25-20)13-31-10-7-17(24)8-11-31/h3-6,9,12,14,17,25H,2,7-8,10-11,13,24H2,1H3,(H2,23,26,27)(H,28,29,30). The Balaban J connectivity index is 1.60. The van der Waals surface area contributed by atoms with Crippen LogP contribution in [0.5, 0.6) is 0 Å². The van der Waals surface area contributed by atoms with Gasteiger partial charge in [-0.2, -0.15) is 5.10 Å². The number of aromatic amines is 2. The van der Waals surface area contributed by atoms with Gasteiger partial charge in [0.2, 0.25) is 0 Å². The minimum Gasteiger partial charge on any atom is -0.390 e. The fourth-order valence-electron chi connectivity index (χ4n) is 3.73. The van der Waals surface area contributed by atoms with Gasteiger partial charge in [0.25, 0.3) is 0 Å². The van der Waals surface area contributed by atoms with Crippen LogP contribution in [-0.2, 0) is 13.0 Å². The maximum atomic E-state index is 6.04. The molecule has 0 radical (unpaired) electrons. The number of amidine groups is 1. The fourth-order valence-corrected chi connectivity index (χ4v) is 3.73. The largest absolute Gasteiger partial charge is 0.390 e. The Hall–Kier alpha value is -3.30. The van der Waals surface area contributed by atoms with Gasteiger partial charge in [0.15, 0.2) is 11.7 Å². The highest BCUT2D eigenvalue weighted by molar-refractivity contribution is 6.03. The van der Waals surface area contributed by atoms with E-state index >= 15 is 0 Å². The maximum absolute atomic E-state index is 6.04. The van der Waals surface area contributed by atoms with Crippen molar-refractivity contribution < 1.29 is 0 Å². The summed E-state index contributed by atoms with van der Waals surface area (Å²) >= 11 is 0. The summed E-state index contributed by atoms with van der Waals surface area (Å²) in [4.78, 5) is 19.3. The molecule has 2 aromatic heterocycles. The minimum absolute atomic E-state index is 0.311. The van der Waals surface area contributed by atoms with E-state index in [1.807, 2.05) is 37.4 Å². The molecule has 1 aromatic carbocycles. The number of nitrogens with one attached hydrogen (secondary N) is 2. The number of hydrogen-bond acceptors (Lipinski definition) is 5. The van der Waals surface area contributed by atoms with Crippen molar-refractivity contribution in [2.75, 3.05) is 13.1 Å². The van der Waals surface area contributed by atoms with Gasteiger partial charge in [0.1, 0.15) is 5.82 Å². The van der Waals surface area contributed by atoms with Crippen LogP contribution in [0.4, 0.5) is 5.69 Å². The number of benzene rings is 1. The summed E-state index contributed by atoms with van der Waals surface area (Å²) in [6.07, 6.45) is 6.04. The molecule has 31 heavy (non-hydrogen) atoms. The molecule has 0 atom stereocenters. The lowest BCUT2D eigenvalue weighted by atomic mass is 10.1. The SMILES string of the molecule is CCc1nc(-c2cccc(N=C(N=CN)c3[nH]ccc3CN3CCC(N)CC3)c2)n[nH]1. The predicted octanol–water partition coefficient (Wildman–Crippen LogP) is 2.35. The number of hydrogen-bond donors (Lipinski definition) is 4. The number of aryl methyl sites for hydroxylation is 1. The van der Waals surface area contributed by atoms with Crippen LogP contribution in [0.25, 0.3) is 11.4 Å². The number of aliphatic imine (C=N–C) groups is 2. The van der Waals surface area contributed by atoms with E-state index in [1.165, 1.54) is 6.34 Å². The first-order chi connectivity index (χ1) is 15.2. The van der Waals surface area contributed by atoms with Gasteiger partial charge in [-0.15, -0.1) is 0 Å². The maximum Gasteiger partial charge on any atom is 0.181 e. The van der Waals surface area contributed by atoms with E-state index in [0.29, 0.717) is 17.7 Å². The average molecular weight is 420 g/mol. The third-order valence-corrected chi connectivity index (χ3v) is 5.49. The van der Waals surface area contributed by atoms with Crippen molar-refractivity contribution in [1.29, 1.82) is 0 Å². The minimum atomic E-state index is 0.311. The topological polar surface area (TPSA) is 137 Å². The molecule has 0 amide bonds. The molecule has 9 heteroatoms. The van der Waals surface area contributed by atoms with Crippen molar-refractivity contribution in [1.82, 2.24) is 25.1 Å². The van der Waals surface area contributed by atoms with Crippen LogP contribution < -0.4 is 11.5 Å². The summed E-state index contributed by atoms with van der Waals surface area (Å²) in [5, 5.41) is 7.24. The number of nitrogens with zero attached hydrogens (tertiary/aromatic N) is 5. The zero-order valence-corrected chi connectivity index (χ0v) is 17.8. The summed E-state index contributed by atoms with van der Waals surface area (Å²) in [7, 11) is 0. The molecular formula is C22H29N9. The zero-order valence-electron chi connectivity index (χ0n) is 17.8. The highest BCUT2D eigenvalue weighted by atomic mass is 15.2. The number of aromatic nitrogens is 4. The molecule has 6 N–H and O–H groups in total. The predicted molar refractivity (Wildman–Crippen MR) is 123 cm³/mol. The molecule has 0 spiro atoms. The Bertz CT molecular complexity index is 1050. The van der Waals surface area contributed by atoms with Gasteiger partial charge >= 0.3 is 0 Å². The van der Waals surface area contributed by atoms with Gasteiger partial charge in [-0.3, -0.25) is 10.00 Å². The fraction of sp³-hybridized carbons (Fsp3) is 0.364. The van der Waals surface area contributed by atoms with Crippen molar-refractivity contribution in [3.8, 4) is 11.4 Å². The Morgan fingerprint density at radius 3 is 2.87 bits per heavy atom. The van der Waals surface area contributed by atoms with Crippen molar-refractivity contribution in [2.45, 2.75) is 38.8 Å². The highest BCUT2D eigenvalue weighted by Crippen LogP contribution is 2.23. The van der Waals surface area contributed by atoms with E-state index < -0.39 is 0 Å². The van der Waals surface area contributed by atoms with Gasteiger partial charge in [0.05, 0.1) is 17.7 Å². The number of piperidine rings is 1. The van der Waals surface area contributed by atoms with Crippen LogP contribution >= 0.6 is 0 Å². The first-order valence-corrected chi connectivity index (χ1v) is 10.7. The molecule has 1 fully saturated rings. The molecule has 3 aromatic rings. The van der Waals surface area contributed by atoms with E-state index in [-0.39, 0.29) is 0 Å². The number of H-pyrrole nitrogens is 2. The molecule has 1 aliphatic rings. The van der Waals surface area contributed by atoms with Crippen LogP contribution in [0, 0.1) is 0 Å². The smallest absolute Gasteiger partial charge is 0.181 e. The number of likely N-dealkylation sites (tertiary alicyclic amines) is 1. The van der Waals surface area contributed by atoms with Gasteiger partial charge in [-0.1, -0.05) is 19.1 Å². The normalized spacial score (nSPS) is 16.4. The molecule has 0 aliphatic carbocycles. The second-order valence-electron chi connectivity index (χ2n) is 7.71. The van der Waals surface area contributed by atoms with E-state index in [4.69, 9.17) is 16.5 Å². The van der Waals surface area contributed by atoms with Gasteiger partial charge < -0.3 is 16.5 Å². The monoisotopic (exact) mass is 419 g/mol. The summed E-state index contributed by atoms with van der Waals surface area (Å²) in [5.41, 5.74) is 15.3. The Labute approximate surface area is 181 Å². The summed E-state index contributed by atoms with van der Waals surface area (Å²) in [5.74, 6) is 2.05. The molecule has 0 bridgehead atoms. The highest BCUT2D eigenvalue weighted by Gasteiger charge is 2.19. The van der Waals surface area contributed by atoms with Crippen LogP contribution in [0.3, 0.4) is 0 Å². The second-order valence-corrected chi connectivity index (χ2v) is 7.71. The van der Waals surface area contributed by atoms with Crippen LogP contribution in [-0.4, -0.2) is 56.4 Å². The van der Waals surface area contributed by atoms with Crippen molar-refractivity contribution in [2.24, 2.45) is 21.5 Å². The molecule has 1 aliphatic heterocycles. The number of rotatable bonds is 6. The molecule has 1 saturated heterocycles. The quantitative estimate of drug-likeness (QED) is 0.359. The molecule has 9 nitrogen and oxygen atoms in total. The van der Waals surface area contributed by atoms with E-state index in [9.17, 15) is 0 Å². The van der Waals surface area contributed by atoms with E-state index in [0.717, 1.165) is 67.2 Å². The van der Waals surface area contributed by atoms with Crippen molar-refractivity contribution in [3.05, 3.63) is 53.6 Å². The van der Waals surface area contributed by atoms with Crippen LogP contribution in [0.1, 0.15) is 36.8 Å². The van der Waals surface area contributed by atoms with Gasteiger partial charge in [0, 0.05) is 30.8 Å².